The maximum atomic E-state index is 12.7. The summed E-state index contributed by atoms with van der Waals surface area (Å²) in [5.74, 6) is -0.214. The normalized spacial score (nSPS) is 12.1. The van der Waals surface area contributed by atoms with Crippen molar-refractivity contribution >= 4 is 28.8 Å². The van der Waals surface area contributed by atoms with E-state index in [0.717, 1.165) is 26.8 Å². The van der Waals surface area contributed by atoms with Crippen molar-refractivity contribution < 1.29 is 9.90 Å². The van der Waals surface area contributed by atoms with Gasteiger partial charge in [0.05, 0.1) is 23.2 Å². The molecule has 1 aromatic carbocycles. The Morgan fingerprint density at radius 3 is 2.67 bits per heavy atom. The number of aromatic amines is 1. The van der Waals surface area contributed by atoms with Crippen LogP contribution in [0.1, 0.15) is 32.1 Å². The number of carbonyl (C=O) groups is 1. The van der Waals surface area contributed by atoms with E-state index in [1.54, 1.807) is 6.07 Å². The van der Waals surface area contributed by atoms with Crippen molar-refractivity contribution in [2.75, 3.05) is 13.6 Å². The number of halogens is 1. The number of hydrogen-bond acceptors (Lipinski definition) is 5. The Labute approximate surface area is 166 Å². The number of benzene rings is 1. The SMILES string of the molecule is CNCC(NC(=O)c1ccc(-c2ccc(Cl)cc2)[nH]1)c1nc(C)c(CO)s1. The van der Waals surface area contributed by atoms with Gasteiger partial charge in [0, 0.05) is 17.3 Å². The summed E-state index contributed by atoms with van der Waals surface area (Å²) >= 11 is 7.33. The molecule has 0 fully saturated rings. The van der Waals surface area contributed by atoms with Crippen molar-refractivity contribution in [2.24, 2.45) is 0 Å². The zero-order valence-corrected chi connectivity index (χ0v) is 16.6. The number of aliphatic hydroxyl groups is 1. The van der Waals surface area contributed by atoms with Crippen LogP contribution >= 0.6 is 22.9 Å². The molecular formula is C19H21ClN4O2S. The van der Waals surface area contributed by atoms with E-state index in [0.29, 0.717) is 17.3 Å². The molecule has 0 aliphatic carbocycles. The highest BCUT2D eigenvalue weighted by molar-refractivity contribution is 7.11. The Kier molecular flexibility index (Phi) is 6.28. The van der Waals surface area contributed by atoms with E-state index < -0.39 is 0 Å². The zero-order valence-electron chi connectivity index (χ0n) is 15.0. The third-order valence-electron chi connectivity index (χ3n) is 4.15. The number of thiazole rings is 1. The number of carbonyl (C=O) groups excluding carboxylic acids is 1. The standard InChI is InChI=1S/C19H21ClN4O2S/c1-11-17(10-25)27-19(22-11)16(9-21-2)24-18(26)15-8-7-14(23-15)12-3-5-13(20)6-4-12/h3-8,16,21,23,25H,9-10H2,1-2H3,(H,24,26). The molecule has 4 N–H and O–H groups in total. The fraction of sp³-hybridized carbons (Fsp3) is 0.263. The van der Waals surface area contributed by atoms with Crippen molar-refractivity contribution in [2.45, 2.75) is 19.6 Å². The number of aryl methyl sites for hydroxylation is 1. The lowest BCUT2D eigenvalue weighted by molar-refractivity contribution is 0.0932. The first kappa shape index (κ1) is 19.6. The largest absolute Gasteiger partial charge is 0.391 e. The molecule has 142 valence electrons. The number of nitrogens with one attached hydrogen (secondary N) is 3. The third-order valence-corrected chi connectivity index (χ3v) is 5.66. The molecule has 0 aliphatic heterocycles. The lowest BCUT2D eigenvalue weighted by Gasteiger charge is -2.15. The second-order valence-electron chi connectivity index (χ2n) is 6.10. The first-order valence-electron chi connectivity index (χ1n) is 8.49. The van der Waals surface area contributed by atoms with Gasteiger partial charge in [-0.1, -0.05) is 23.7 Å². The molecule has 1 amide bonds. The topological polar surface area (TPSA) is 90.0 Å². The molecule has 0 radical (unpaired) electrons. The molecule has 0 aliphatic rings. The number of likely N-dealkylation sites (N-methyl/N-ethyl adjacent to an activating group) is 1. The number of nitrogens with zero attached hydrogens (tertiary/aromatic N) is 1. The van der Waals surface area contributed by atoms with Gasteiger partial charge in [-0.05, 0) is 43.8 Å². The summed E-state index contributed by atoms with van der Waals surface area (Å²) in [5, 5.41) is 16.9. The van der Waals surface area contributed by atoms with Crippen LogP contribution in [0.3, 0.4) is 0 Å². The van der Waals surface area contributed by atoms with E-state index in [9.17, 15) is 9.90 Å². The summed E-state index contributed by atoms with van der Waals surface area (Å²) in [6.07, 6.45) is 0. The molecule has 0 bridgehead atoms. The van der Waals surface area contributed by atoms with Gasteiger partial charge in [0.1, 0.15) is 10.7 Å². The average Bonchev–Trinajstić information content (AvgIpc) is 3.29. The average molecular weight is 405 g/mol. The predicted octanol–water partition coefficient (Wildman–Crippen LogP) is 3.28. The van der Waals surface area contributed by atoms with E-state index >= 15 is 0 Å². The van der Waals surface area contributed by atoms with Crippen molar-refractivity contribution in [3.05, 3.63) is 62.7 Å². The van der Waals surface area contributed by atoms with Crippen LogP contribution in [0.4, 0.5) is 0 Å². The minimum Gasteiger partial charge on any atom is -0.391 e. The molecule has 6 nitrogen and oxygen atoms in total. The fourth-order valence-corrected chi connectivity index (χ4v) is 3.82. The van der Waals surface area contributed by atoms with Crippen molar-refractivity contribution in [3.8, 4) is 11.3 Å². The van der Waals surface area contributed by atoms with Gasteiger partial charge in [-0.25, -0.2) is 4.98 Å². The number of aliphatic hydroxyl groups excluding tert-OH is 1. The van der Waals surface area contributed by atoms with Crippen LogP contribution in [0.25, 0.3) is 11.3 Å². The van der Waals surface area contributed by atoms with Crippen LogP contribution in [0.15, 0.2) is 36.4 Å². The zero-order chi connectivity index (χ0) is 19.4. The summed E-state index contributed by atoms with van der Waals surface area (Å²) in [7, 11) is 1.82. The Balaban J connectivity index is 1.76. The van der Waals surface area contributed by atoms with Gasteiger partial charge in [-0.15, -0.1) is 11.3 Å². The lowest BCUT2D eigenvalue weighted by atomic mass is 10.2. The van der Waals surface area contributed by atoms with E-state index in [4.69, 9.17) is 11.6 Å². The minimum absolute atomic E-state index is 0.0508. The molecule has 3 rings (SSSR count). The number of H-pyrrole nitrogens is 1. The highest BCUT2D eigenvalue weighted by Gasteiger charge is 2.21. The van der Waals surface area contributed by atoms with Gasteiger partial charge < -0.3 is 20.7 Å². The Morgan fingerprint density at radius 2 is 2.04 bits per heavy atom. The van der Waals surface area contributed by atoms with Crippen molar-refractivity contribution in [1.82, 2.24) is 20.6 Å². The second-order valence-corrected chi connectivity index (χ2v) is 7.65. The molecular weight excluding hydrogens is 384 g/mol. The first-order valence-corrected chi connectivity index (χ1v) is 9.68. The maximum Gasteiger partial charge on any atom is 0.268 e. The summed E-state index contributed by atoms with van der Waals surface area (Å²) in [5.41, 5.74) is 3.05. The molecule has 2 heterocycles. The summed E-state index contributed by atoms with van der Waals surface area (Å²) in [4.78, 5) is 21.1. The molecule has 0 spiro atoms. The van der Waals surface area contributed by atoms with Crippen LogP contribution in [-0.4, -0.2) is 34.6 Å². The number of hydrogen-bond donors (Lipinski definition) is 4. The van der Waals surface area contributed by atoms with Gasteiger partial charge in [0.2, 0.25) is 0 Å². The predicted molar refractivity (Wildman–Crippen MR) is 108 cm³/mol. The van der Waals surface area contributed by atoms with E-state index in [2.05, 4.69) is 20.6 Å². The van der Waals surface area contributed by atoms with Gasteiger partial charge >= 0.3 is 0 Å². The van der Waals surface area contributed by atoms with Crippen LogP contribution in [0.2, 0.25) is 5.02 Å². The van der Waals surface area contributed by atoms with Gasteiger partial charge in [-0.3, -0.25) is 4.79 Å². The smallest absolute Gasteiger partial charge is 0.268 e. The van der Waals surface area contributed by atoms with Crippen LogP contribution < -0.4 is 10.6 Å². The Bertz CT molecular complexity index is 920. The van der Waals surface area contributed by atoms with Gasteiger partial charge in [-0.2, -0.15) is 0 Å². The third kappa shape index (κ3) is 4.56. The number of aromatic nitrogens is 2. The summed E-state index contributed by atoms with van der Waals surface area (Å²) < 4.78 is 0. The van der Waals surface area contributed by atoms with Gasteiger partial charge in [0.25, 0.3) is 5.91 Å². The van der Waals surface area contributed by atoms with Crippen molar-refractivity contribution in [1.29, 1.82) is 0 Å². The highest BCUT2D eigenvalue weighted by atomic mass is 35.5. The molecule has 2 aromatic heterocycles. The molecule has 27 heavy (non-hydrogen) atoms. The van der Waals surface area contributed by atoms with Crippen LogP contribution in [-0.2, 0) is 6.61 Å². The number of amides is 1. The molecule has 1 unspecified atom stereocenters. The quantitative estimate of drug-likeness (QED) is 0.486. The van der Waals surface area contributed by atoms with Gasteiger partial charge in [0.15, 0.2) is 0 Å². The molecule has 1 atom stereocenters. The second kappa shape index (κ2) is 8.67. The molecule has 3 aromatic rings. The molecule has 0 saturated heterocycles. The van der Waals surface area contributed by atoms with Crippen LogP contribution in [0, 0.1) is 6.92 Å². The molecule has 0 saturated carbocycles. The highest BCUT2D eigenvalue weighted by Crippen LogP contribution is 2.25. The number of rotatable bonds is 7. The lowest BCUT2D eigenvalue weighted by Crippen LogP contribution is -2.34. The molecule has 8 heteroatoms. The first-order chi connectivity index (χ1) is 13.0. The van der Waals surface area contributed by atoms with E-state index in [1.807, 2.05) is 44.3 Å². The monoisotopic (exact) mass is 404 g/mol. The summed E-state index contributed by atoms with van der Waals surface area (Å²) in [6, 6.07) is 10.7. The van der Waals surface area contributed by atoms with Crippen LogP contribution in [0.5, 0.6) is 0 Å². The minimum atomic E-state index is -0.284. The fourth-order valence-electron chi connectivity index (χ4n) is 2.71. The Morgan fingerprint density at radius 1 is 1.30 bits per heavy atom. The van der Waals surface area contributed by atoms with Crippen molar-refractivity contribution in [3.63, 3.8) is 0 Å². The maximum absolute atomic E-state index is 12.7. The summed E-state index contributed by atoms with van der Waals surface area (Å²) in [6.45, 7) is 2.34. The Hall–Kier alpha value is -2.19. The van der Waals surface area contributed by atoms with E-state index in [1.165, 1.54) is 11.3 Å². The van der Waals surface area contributed by atoms with E-state index in [-0.39, 0.29) is 18.6 Å².